The van der Waals surface area contributed by atoms with Gasteiger partial charge in [-0.1, -0.05) is 6.92 Å². The first-order valence-electron chi connectivity index (χ1n) is 6.27. The van der Waals surface area contributed by atoms with Crippen LogP contribution >= 0.6 is 0 Å². The van der Waals surface area contributed by atoms with Crippen molar-refractivity contribution in [3.05, 3.63) is 35.5 Å². The van der Waals surface area contributed by atoms with E-state index in [1.54, 1.807) is 18.2 Å². The lowest BCUT2D eigenvalue weighted by Gasteiger charge is -2.08. The molecule has 0 aliphatic carbocycles. The molecule has 0 bridgehead atoms. The number of carbonyl (C=O) groups excluding carboxylic acids is 1. The van der Waals surface area contributed by atoms with Crippen LogP contribution in [0.1, 0.15) is 36.0 Å². The molecule has 0 aliphatic rings. The lowest BCUT2D eigenvalue weighted by atomic mass is 10.1. The molecule has 1 aromatic heterocycles. The van der Waals surface area contributed by atoms with Gasteiger partial charge in [0.25, 0.3) is 5.89 Å². The zero-order chi connectivity index (χ0) is 14.5. The molecule has 0 unspecified atom stereocenters. The Morgan fingerprint density at radius 1 is 1.30 bits per heavy atom. The first kappa shape index (κ1) is 14.0. The van der Waals surface area contributed by atoms with Gasteiger partial charge in [-0.05, 0) is 25.1 Å². The Bertz CT molecular complexity index is 607. The number of ketones is 1. The summed E-state index contributed by atoms with van der Waals surface area (Å²) in [6.45, 7) is 3.57. The molecule has 0 atom stereocenters. The smallest absolute Gasteiger partial charge is 0.253 e. The summed E-state index contributed by atoms with van der Waals surface area (Å²) in [5.41, 5.74) is 0.477. The lowest BCUT2D eigenvalue weighted by molar-refractivity contribution is 0.101. The third-order valence-electron chi connectivity index (χ3n) is 2.72. The first-order chi connectivity index (χ1) is 9.63. The van der Waals surface area contributed by atoms with Crippen molar-refractivity contribution in [3.8, 4) is 11.5 Å². The van der Waals surface area contributed by atoms with Gasteiger partial charge in [-0.3, -0.25) is 4.79 Å². The molecule has 0 saturated heterocycles. The third-order valence-corrected chi connectivity index (χ3v) is 2.72. The maximum absolute atomic E-state index is 11.5. The second-order valence-corrected chi connectivity index (χ2v) is 4.15. The number of ether oxygens (including phenoxy) is 2. The number of nitrogens with zero attached hydrogens (tertiary/aromatic N) is 2. The van der Waals surface area contributed by atoms with Crippen LogP contribution in [-0.2, 0) is 13.0 Å². The highest BCUT2D eigenvalue weighted by Crippen LogP contribution is 2.25. The number of benzene rings is 1. The van der Waals surface area contributed by atoms with E-state index < -0.39 is 0 Å². The predicted octanol–water partition coefficient (Wildman–Crippen LogP) is 2.42. The highest BCUT2D eigenvalue weighted by molar-refractivity contribution is 5.97. The summed E-state index contributed by atoms with van der Waals surface area (Å²) < 4.78 is 16.0. The molecule has 20 heavy (non-hydrogen) atoms. The number of methoxy groups -OCH3 is 1. The summed E-state index contributed by atoms with van der Waals surface area (Å²) >= 11 is 0. The van der Waals surface area contributed by atoms with Gasteiger partial charge in [0.15, 0.2) is 12.4 Å². The van der Waals surface area contributed by atoms with Gasteiger partial charge in [-0.2, -0.15) is 0 Å². The number of hydrogen-bond donors (Lipinski definition) is 0. The maximum Gasteiger partial charge on any atom is 0.253 e. The van der Waals surface area contributed by atoms with Gasteiger partial charge in [0, 0.05) is 6.42 Å². The van der Waals surface area contributed by atoms with Crippen LogP contribution in [0.25, 0.3) is 0 Å². The second kappa shape index (κ2) is 6.18. The molecule has 0 spiro atoms. The van der Waals surface area contributed by atoms with E-state index >= 15 is 0 Å². The molecule has 2 rings (SSSR count). The standard InChI is InChI=1S/C14H16N2O4/c1-4-13-15-16-14(20-13)8-19-10-5-6-12(18-3)11(7-10)9(2)17/h5-7H,4,8H2,1-3H3. The Labute approximate surface area is 116 Å². The highest BCUT2D eigenvalue weighted by Gasteiger charge is 2.11. The SMILES string of the molecule is CCc1nnc(COc2ccc(OC)c(C(C)=O)c2)o1. The van der Waals surface area contributed by atoms with Crippen molar-refractivity contribution < 1.29 is 18.7 Å². The van der Waals surface area contributed by atoms with Crippen LogP contribution in [0.2, 0.25) is 0 Å². The summed E-state index contributed by atoms with van der Waals surface area (Å²) in [6.07, 6.45) is 0.685. The summed E-state index contributed by atoms with van der Waals surface area (Å²) in [7, 11) is 1.52. The van der Waals surface area contributed by atoms with Gasteiger partial charge in [0.05, 0.1) is 12.7 Å². The van der Waals surface area contributed by atoms with Gasteiger partial charge in [0.2, 0.25) is 5.89 Å². The van der Waals surface area contributed by atoms with Crippen LogP contribution in [0.5, 0.6) is 11.5 Å². The molecule has 0 N–H and O–H groups in total. The summed E-state index contributed by atoms with van der Waals surface area (Å²) in [5.74, 6) is 1.96. The van der Waals surface area contributed by atoms with Gasteiger partial charge >= 0.3 is 0 Å². The zero-order valence-corrected chi connectivity index (χ0v) is 11.7. The molecule has 106 valence electrons. The number of Topliss-reactive ketones (excluding diaryl/α,β-unsaturated/α-hetero) is 1. The minimum absolute atomic E-state index is 0.0849. The summed E-state index contributed by atoms with van der Waals surface area (Å²) in [4.78, 5) is 11.5. The molecule has 0 fully saturated rings. The Morgan fingerprint density at radius 2 is 2.05 bits per heavy atom. The van der Waals surface area contributed by atoms with Crippen molar-refractivity contribution in [2.24, 2.45) is 0 Å². The van der Waals surface area contributed by atoms with E-state index in [-0.39, 0.29) is 12.4 Å². The number of aromatic nitrogens is 2. The second-order valence-electron chi connectivity index (χ2n) is 4.15. The monoisotopic (exact) mass is 276 g/mol. The molecule has 0 amide bonds. The molecule has 1 aromatic carbocycles. The normalized spacial score (nSPS) is 10.3. The van der Waals surface area contributed by atoms with Crippen LogP contribution in [0.15, 0.2) is 22.6 Å². The van der Waals surface area contributed by atoms with Crippen LogP contribution in [0.3, 0.4) is 0 Å². The minimum atomic E-state index is -0.0849. The predicted molar refractivity (Wildman–Crippen MR) is 71.0 cm³/mol. The van der Waals surface area contributed by atoms with Gasteiger partial charge in [-0.25, -0.2) is 0 Å². The van der Waals surface area contributed by atoms with E-state index in [4.69, 9.17) is 13.9 Å². The third kappa shape index (κ3) is 3.14. The summed E-state index contributed by atoms with van der Waals surface area (Å²) in [5, 5.41) is 7.71. The van der Waals surface area contributed by atoms with Gasteiger partial charge in [0.1, 0.15) is 11.5 Å². The quantitative estimate of drug-likeness (QED) is 0.754. The molecular formula is C14H16N2O4. The molecule has 0 saturated carbocycles. The number of carbonyl (C=O) groups is 1. The maximum atomic E-state index is 11.5. The molecular weight excluding hydrogens is 260 g/mol. The summed E-state index contributed by atoms with van der Waals surface area (Å²) in [6, 6.07) is 5.05. The molecule has 0 radical (unpaired) electrons. The highest BCUT2D eigenvalue weighted by atomic mass is 16.5. The molecule has 6 heteroatoms. The number of aryl methyl sites for hydroxylation is 1. The zero-order valence-electron chi connectivity index (χ0n) is 11.7. The average molecular weight is 276 g/mol. The Morgan fingerprint density at radius 3 is 2.65 bits per heavy atom. The van der Waals surface area contributed by atoms with E-state index in [0.717, 1.165) is 0 Å². The van der Waals surface area contributed by atoms with E-state index in [0.29, 0.717) is 35.3 Å². The van der Waals surface area contributed by atoms with E-state index in [1.807, 2.05) is 6.92 Å². The van der Waals surface area contributed by atoms with E-state index in [1.165, 1.54) is 14.0 Å². The van der Waals surface area contributed by atoms with Crippen molar-refractivity contribution in [2.75, 3.05) is 7.11 Å². The van der Waals surface area contributed by atoms with Crippen molar-refractivity contribution in [1.29, 1.82) is 0 Å². The van der Waals surface area contributed by atoms with Crippen LogP contribution in [0, 0.1) is 0 Å². The minimum Gasteiger partial charge on any atom is -0.496 e. The fourth-order valence-corrected chi connectivity index (χ4v) is 1.69. The van der Waals surface area contributed by atoms with E-state index in [9.17, 15) is 4.79 Å². The van der Waals surface area contributed by atoms with Gasteiger partial charge in [-0.15, -0.1) is 10.2 Å². The average Bonchev–Trinajstić information content (AvgIpc) is 2.92. The fraction of sp³-hybridized carbons (Fsp3) is 0.357. The molecule has 6 nitrogen and oxygen atoms in total. The molecule has 0 aliphatic heterocycles. The number of rotatable bonds is 6. The molecule has 1 heterocycles. The van der Waals surface area contributed by atoms with Crippen molar-refractivity contribution in [2.45, 2.75) is 26.9 Å². The topological polar surface area (TPSA) is 74.5 Å². The van der Waals surface area contributed by atoms with Crippen LogP contribution in [-0.4, -0.2) is 23.1 Å². The largest absolute Gasteiger partial charge is 0.496 e. The lowest BCUT2D eigenvalue weighted by Crippen LogP contribution is -2.00. The van der Waals surface area contributed by atoms with Crippen molar-refractivity contribution >= 4 is 5.78 Å². The fourth-order valence-electron chi connectivity index (χ4n) is 1.69. The Hall–Kier alpha value is -2.37. The van der Waals surface area contributed by atoms with Crippen LogP contribution in [0.4, 0.5) is 0 Å². The Balaban J connectivity index is 2.09. The van der Waals surface area contributed by atoms with Crippen molar-refractivity contribution in [3.63, 3.8) is 0 Å². The van der Waals surface area contributed by atoms with Crippen molar-refractivity contribution in [1.82, 2.24) is 10.2 Å². The van der Waals surface area contributed by atoms with E-state index in [2.05, 4.69) is 10.2 Å². The Kier molecular flexibility index (Phi) is 4.34. The first-order valence-corrected chi connectivity index (χ1v) is 6.27. The number of hydrogen-bond acceptors (Lipinski definition) is 6. The molecule has 2 aromatic rings. The van der Waals surface area contributed by atoms with Gasteiger partial charge < -0.3 is 13.9 Å². The van der Waals surface area contributed by atoms with Crippen LogP contribution < -0.4 is 9.47 Å².